The number of anilines is 1. The number of thiazole rings is 1. The van der Waals surface area contributed by atoms with Gasteiger partial charge in [0.2, 0.25) is 0 Å². The van der Waals surface area contributed by atoms with Crippen LogP contribution in [0.15, 0.2) is 66.2 Å². The Balaban J connectivity index is 1.66. The largest absolute Gasteiger partial charge is 0.507 e. The Morgan fingerprint density at radius 1 is 0.977 bits per heavy atom. The lowest BCUT2D eigenvalue weighted by Crippen LogP contribution is -2.29. The molecule has 1 saturated heterocycles. The van der Waals surface area contributed by atoms with Crippen LogP contribution in [0.3, 0.4) is 0 Å². The summed E-state index contributed by atoms with van der Waals surface area (Å²) >= 11 is 1.26. The van der Waals surface area contributed by atoms with Crippen LogP contribution in [-0.2, 0) is 9.59 Å². The van der Waals surface area contributed by atoms with Crippen molar-refractivity contribution in [2.75, 3.05) is 32.3 Å². The summed E-state index contributed by atoms with van der Waals surface area (Å²) in [5, 5.41) is 11.9. The molecule has 3 aromatic carbocycles. The smallest absolute Gasteiger partial charge is 0.301 e. The van der Waals surface area contributed by atoms with Crippen LogP contribution in [-0.4, -0.2) is 49.2 Å². The van der Waals surface area contributed by atoms with Crippen molar-refractivity contribution in [1.82, 2.24) is 4.98 Å². The number of ether oxygens (including phenoxy) is 4. The number of Topliss-reactive ketones (excluding diaryl/α,β-unsaturated/α-hetero) is 1. The zero-order valence-electron chi connectivity index (χ0n) is 24.7. The highest BCUT2D eigenvalue weighted by Gasteiger charge is 2.48. The molecule has 4 aromatic rings. The monoisotopic (exact) mass is 602 g/mol. The number of aromatic nitrogens is 1. The van der Waals surface area contributed by atoms with Gasteiger partial charge in [-0.05, 0) is 67.3 Å². The molecule has 1 fully saturated rings. The third kappa shape index (κ3) is 6.01. The summed E-state index contributed by atoms with van der Waals surface area (Å²) in [5.41, 5.74) is 1.48. The first-order chi connectivity index (χ1) is 20.7. The lowest BCUT2D eigenvalue weighted by atomic mass is 9.95. The van der Waals surface area contributed by atoms with Crippen molar-refractivity contribution in [2.45, 2.75) is 33.2 Å². The predicted octanol–water partition coefficient (Wildman–Crippen LogP) is 6.76. The number of aliphatic hydroxyl groups excluding tert-OH is 1. The summed E-state index contributed by atoms with van der Waals surface area (Å²) in [6, 6.07) is 16.5. The molecular formula is C33H34N2O7S. The number of methoxy groups -OCH3 is 2. The summed E-state index contributed by atoms with van der Waals surface area (Å²) in [4.78, 5) is 33.5. The molecule has 1 unspecified atom stereocenters. The maximum atomic E-state index is 13.7. The van der Waals surface area contributed by atoms with Crippen LogP contribution in [0.5, 0.6) is 23.0 Å². The number of fused-ring (bicyclic) bond motifs is 1. The van der Waals surface area contributed by atoms with Crippen molar-refractivity contribution < 1.29 is 33.6 Å². The van der Waals surface area contributed by atoms with Gasteiger partial charge < -0.3 is 24.1 Å². The number of carbonyl (C=O) groups is 2. The number of ketones is 1. The van der Waals surface area contributed by atoms with E-state index in [1.165, 1.54) is 23.3 Å². The number of amides is 1. The van der Waals surface area contributed by atoms with Crippen LogP contribution >= 0.6 is 11.3 Å². The molecule has 5 rings (SSSR count). The number of benzene rings is 3. The van der Waals surface area contributed by atoms with Gasteiger partial charge in [0.25, 0.3) is 5.78 Å². The molecule has 1 aliphatic rings. The highest BCUT2D eigenvalue weighted by atomic mass is 32.1. The molecule has 1 aromatic heterocycles. The van der Waals surface area contributed by atoms with Crippen molar-refractivity contribution in [2.24, 2.45) is 5.92 Å². The molecule has 0 radical (unpaired) electrons. The van der Waals surface area contributed by atoms with Crippen LogP contribution < -0.4 is 23.8 Å². The molecule has 10 heteroatoms. The van der Waals surface area contributed by atoms with Gasteiger partial charge in [0.15, 0.2) is 16.6 Å². The molecule has 43 heavy (non-hydrogen) atoms. The summed E-state index contributed by atoms with van der Waals surface area (Å²) < 4.78 is 23.4. The van der Waals surface area contributed by atoms with Crippen molar-refractivity contribution in [3.8, 4) is 23.0 Å². The standard InChI is InChI=1S/C33H34N2O7S/c1-6-41-23-9-7-8-21(16-23)30(36)28-29(20-10-13-25(26(17-20)40-5)42-15-14-19(2)3)35(32(38)31(28)37)33-34-24-12-11-22(39-4)18-27(24)43-33/h7-13,16-19,29,36H,6,14-15H2,1-5H3. The van der Waals surface area contributed by atoms with Crippen LogP contribution in [0.25, 0.3) is 16.0 Å². The first-order valence-corrected chi connectivity index (χ1v) is 14.9. The van der Waals surface area contributed by atoms with Crippen molar-refractivity contribution in [3.05, 3.63) is 77.4 Å². The Morgan fingerprint density at radius 3 is 2.51 bits per heavy atom. The Labute approximate surface area is 254 Å². The molecule has 224 valence electrons. The molecule has 1 amide bonds. The van der Waals surface area contributed by atoms with Gasteiger partial charge in [-0.2, -0.15) is 0 Å². The Hall–Kier alpha value is -4.57. The third-order valence-electron chi connectivity index (χ3n) is 7.11. The van der Waals surface area contributed by atoms with Gasteiger partial charge in [-0.3, -0.25) is 14.5 Å². The van der Waals surface area contributed by atoms with E-state index >= 15 is 0 Å². The number of rotatable bonds is 11. The highest BCUT2D eigenvalue weighted by molar-refractivity contribution is 7.22. The zero-order chi connectivity index (χ0) is 30.7. The highest BCUT2D eigenvalue weighted by Crippen LogP contribution is 2.46. The summed E-state index contributed by atoms with van der Waals surface area (Å²) in [7, 11) is 3.11. The molecular weight excluding hydrogens is 568 g/mol. The Morgan fingerprint density at radius 2 is 1.79 bits per heavy atom. The van der Waals surface area contributed by atoms with Crippen LogP contribution in [0, 0.1) is 5.92 Å². The predicted molar refractivity (Wildman–Crippen MR) is 167 cm³/mol. The van der Waals surface area contributed by atoms with Crippen molar-refractivity contribution in [1.29, 1.82) is 0 Å². The normalized spacial score (nSPS) is 16.2. The summed E-state index contributed by atoms with van der Waals surface area (Å²) in [5.74, 6) is 0.702. The van der Waals surface area contributed by atoms with Crippen molar-refractivity contribution >= 4 is 44.1 Å². The fraction of sp³-hybridized carbons (Fsp3) is 0.303. The first kappa shape index (κ1) is 29.9. The van der Waals surface area contributed by atoms with Gasteiger partial charge in [-0.1, -0.05) is 43.4 Å². The zero-order valence-corrected chi connectivity index (χ0v) is 25.6. The molecule has 0 spiro atoms. The van der Waals surface area contributed by atoms with E-state index in [0.717, 1.165) is 11.1 Å². The minimum Gasteiger partial charge on any atom is -0.507 e. The molecule has 0 aliphatic carbocycles. The number of aliphatic hydroxyl groups is 1. The minimum atomic E-state index is -0.989. The van der Waals surface area contributed by atoms with Gasteiger partial charge in [0.05, 0.1) is 49.3 Å². The fourth-order valence-electron chi connectivity index (χ4n) is 4.90. The lowest BCUT2D eigenvalue weighted by molar-refractivity contribution is -0.132. The number of hydrogen-bond acceptors (Lipinski definition) is 9. The number of nitrogens with zero attached hydrogens (tertiary/aromatic N) is 2. The van der Waals surface area contributed by atoms with Crippen LogP contribution in [0.2, 0.25) is 0 Å². The third-order valence-corrected chi connectivity index (χ3v) is 8.13. The molecule has 0 saturated carbocycles. The van der Waals surface area contributed by atoms with Gasteiger partial charge in [-0.15, -0.1) is 0 Å². The number of carbonyl (C=O) groups excluding carboxylic acids is 2. The van der Waals surface area contributed by atoms with Crippen molar-refractivity contribution in [3.63, 3.8) is 0 Å². The second-order valence-corrected chi connectivity index (χ2v) is 11.4. The Bertz CT molecular complexity index is 1690. The van der Waals surface area contributed by atoms with E-state index in [4.69, 9.17) is 18.9 Å². The molecule has 1 atom stereocenters. The van der Waals surface area contributed by atoms with E-state index in [1.807, 2.05) is 13.0 Å². The van der Waals surface area contributed by atoms with E-state index in [-0.39, 0.29) is 11.3 Å². The van der Waals surface area contributed by atoms with Gasteiger partial charge in [0.1, 0.15) is 17.3 Å². The average Bonchev–Trinajstić information content (AvgIpc) is 3.54. The minimum absolute atomic E-state index is 0.0639. The molecule has 0 bridgehead atoms. The molecule has 1 aliphatic heterocycles. The summed E-state index contributed by atoms with van der Waals surface area (Å²) in [6.07, 6.45) is 0.869. The van der Waals surface area contributed by atoms with E-state index < -0.39 is 17.7 Å². The topological polar surface area (TPSA) is 107 Å². The molecule has 2 heterocycles. The lowest BCUT2D eigenvalue weighted by Gasteiger charge is -2.24. The number of hydrogen-bond donors (Lipinski definition) is 1. The second-order valence-electron chi connectivity index (χ2n) is 10.4. The fourth-order valence-corrected chi connectivity index (χ4v) is 5.92. The van der Waals surface area contributed by atoms with Gasteiger partial charge in [-0.25, -0.2) is 4.98 Å². The first-order valence-electron chi connectivity index (χ1n) is 14.0. The average molecular weight is 603 g/mol. The second kappa shape index (κ2) is 12.7. The maximum Gasteiger partial charge on any atom is 0.301 e. The van der Waals surface area contributed by atoms with Gasteiger partial charge >= 0.3 is 5.91 Å². The van der Waals surface area contributed by atoms with E-state index in [2.05, 4.69) is 18.8 Å². The quantitative estimate of drug-likeness (QED) is 0.114. The van der Waals surface area contributed by atoms with Gasteiger partial charge in [0, 0.05) is 5.56 Å². The summed E-state index contributed by atoms with van der Waals surface area (Å²) in [6.45, 7) is 7.04. The molecule has 9 nitrogen and oxygen atoms in total. The molecule has 1 N–H and O–H groups in total. The SMILES string of the molecule is CCOc1cccc(C(O)=C2C(=O)C(=O)N(c3nc4ccc(OC)cc4s3)C2c2ccc(OCCC(C)C)c(OC)c2)c1. The van der Waals surface area contributed by atoms with Crippen LogP contribution in [0.4, 0.5) is 5.13 Å². The van der Waals surface area contributed by atoms with E-state index in [0.29, 0.717) is 63.9 Å². The Kier molecular flexibility index (Phi) is 8.86. The van der Waals surface area contributed by atoms with E-state index in [1.54, 1.807) is 61.7 Å². The van der Waals surface area contributed by atoms with E-state index in [9.17, 15) is 14.7 Å². The maximum absolute atomic E-state index is 13.7. The van der Waals surface area contributed by atoms with Crippen LogP contribution in [0.1, 0.15) is 44.4 Å².